The van der Waals surface area contributed by atoms with Crippen molar-refractivity contribution in [2.75, 3.05) is 26.1 Å². The maximum absolute atomic E-state index is 5.50. The Morgan fingerprint density at radius 2 is 1.69 bits per heavy atom. The molecule has 0 spiro atoms. The minimum absolute atomic E-state index is 0.586. The molecule has 0 fully saturated rings. The zero-order valence-corrected chi connectivity index (χ0v) is 10.6. The number of benzene rings is 1. The van der Waals surface area contributed by atoms with Crippen LogP contribution in [0.25, 0.3) is 0 Å². The van der Waals surface area contributed by atoms with Crippen LogP contribution in [0.4, 0.5) is 0 Å². The molecule has 0 atom stereocenters. The highest BCUT2D eigenvalue weighted by atomic mass is 32.2. The summed E-state index contributed by atoms with van der Waals surface area (Å²) >= 11 is 1.33. The van der Waals surface area contributed by atoms with Gasteiger partial charge in [-0.3, -0.25) is 0 Å². The van der Waals surface area contributed by atoms with Crippen molar-refractivity contribution in [3.8, 4) is 11.5 Å². The minimum atomic E-state index is 0.586. The number of ether oxygens (including phenoxy) is 2. The summed E-state index contributed by atoms with van der Waals surface area (Å²) in [5, 5.41) is 0. The van der Waals surface area contributed by atoms with Gasteiger partial charge in [0, 0.05) is 12.9 Å². The van der Waals surface area contributed by atoms with Crippen molar-refractivity contribution in [3.05, 3.63) is 24.3 Å². The maximum atomic E-state index is 5.50. The van der Waals surface area contributed by atoms with Crippen LogP contribution in [0.2, 0.25) is 0 Å². The molecule has 0 saturated heterocycles. The Morgan fingerprint density at radius 1 is 1.00 bits per heavy atom. The fourth-order valence-corrected chi connectivity index (χ4v) is 1.46. The minimum Gasteiger partial charge on any atom is -0.491 e. The van der Waals surface area contributed by atoms with E-state index in [4.69, 9.17) is 13.7 Å². The summed E-state index contributed by atoms with van der Waals surface area (Å²) in [6, 6.07) is 7.56. The standard InChI is InChI=1S/C12H18O3S/c1-3-8-13-9-10-14-11-4-6-12(7-5-11)15-16-2/h4-7H,3,8-10H2,1-2H3. The zero-order valence-electron chi connectivity index (χ0n) is 9.77. The van der Waals surface area contributed by atoms with Gasteiger partial charge < -0.3 is 13.7 Å². The van der Waals surface area contributed by atoms with Crippen LogP contribution in [-0.4, -0.2) is 26.1 Å². The molecule has 3 nitrogen and oxygen atoms in total. The summed E-state index contributed by atoms with van der Waals surface area (Å²) in [6.45, 7) is 4.11. The molecule has 0 bridgehead atoms. The van der Waals surface area contributed by atoms with Gasteiger partial charge in [-0.15, -0.1) is 0 Å². The molecule has 0 aromatic heterocycles. The predicted octanol–water partition coefficient (Wildman–Crippen LogP) is 3.15. The van der Waals surface area contributed by atoms with Crippen LogP contribution in [0, 0.1) is 0 Å². The highest BCUT2D eigenvalue weighted by Gasteiger charge is 1.96. The molecule has 0 unspecified atom stereocenters. The molecule has 4 heteroatoms. The van der Waals surface area contributed by atoms with Gasteiger partial charge in [0.05, 0.1) is 18.6 Å². The maximum Gasteiger partial charge on any atom is 0.137 e. The first-order valence-electron chi connectivity index (χ1n) is 5.38. The van der Waals surface area contributed by atoms with Crippen molar-refractivity contribution < 1.29 is 13.7 Å². The van der Waals surface area contributed by atoms with E-state index in [0.717, 1.165) is 24.5 Å². The topological polar surface area (TPSA) is 27.7 Å². The molecule has 0 heterocycles. The Kier molecular flexibility index (Phi) is 6.85. The molecule has 0 aliphatic heterocycles. The molecule has 1 rings (SSSR count). The van der Waals surface area contributed by atoms with Gasteiger partial charge in [-0.1, -0.05) is 6.92 Å². The fourth-order valence-electron chi connectivity index (χ4n) is 1.15. The second-order valence-corrected chi connectivity index (χ2v) is 3.68. The van der Waals surface area contributed by atoms with Crippen LogP contribution in [0.1, 0.15) is 13.3 Å². The monoisotopic (exact) mass is 242 g/mol. The molecular formula is C12H18O3S. The second kappa shape index (κ2) is 8.30. The largest absolute Gasteiger partial charge is 0.491 e. The summed E-state index contributed by atoms with van der Waals surface area (Å²) in [5.41, 5.74) is 0. The first kappa shape index (κ1) is 13.2. The van der Waals surface area contributed by atoms with E-state index >= 15 is 0 Å². The number of rotatable bonds is 8. The third-order valence-electron chi connectivity index (χ3n) is 1.85. The van der Waals surface area contributed by atoms with Crippen molar-refractivity contribution >= 4 is 12.0 Å². The number of hydrogen-bond acceptors (Lipinski definition) is 4. The van der Waals surface area contributed by atoms with E-state index in [1.807, 2.05) is 30.5 Å². The number of hydrogen-bond donors (Lipinski definition) is 0. The third kappa shape index (κ3) is 5.28. The molecule has 0 N–H and O–H groups in total. The van der Waals surface area contributed by atoms with E-state index in [2.05, 4.69) is 6.92 Å². The lowest BCUT2D eigenvalue weighted by atomic mass is 10.3. The Morgan fingerprint density at radius 3 is 2.31 bits per heavy atom. The molecule has 0 aliphatic rings. The van der Waals surface area contributed by atoms with Gasteiger partial charge in [-0.05, 0) is 30.7 Å². The Balaban J connectivity index is 2.21. The van der Waals surface area contributed by atoms with Gasteiger partial charge in [0.15, 0.2) is 0 Å². The molecule has 0 saturated carbocycles. The summed E-state index contributed by atoms with van der Waals surface area (Å²) in [6.07, 6.45) is 2.93. The molecule has 0 aliphatic carbocycles. The van der Waals surface area contributed by atoms with Crippen molar-refractivity contribution in [2.45, 2.75) is 13.3 Å². The van der Waals surface area contributed by atoms with Crippen LogP contribution < -0.4 is 8.92 Å². The van der Waals surface area contributed by atoms with E-state index in [9.17, 15) is 0 Å². The zero-order chi connectivity index (χ0) is 11.6. The molecular weight excluding hydrogens is 224 g/mol. The lowest BCUT2D eigenvalue weighted by Gasteiger charge is -2.07. The summed E-state index contributed by atoms with van der Waals surface area (Å²) in [4.78, 5) is 0. The molecule has 90 valence electrons. The van der Waals surface area contributed by atoms with E-state index < -0.39 is 0 Å². The third-order valence-corrected chi connectivity index (χ3v) is 2.21. The predicted molar refractivity (Wildman–Crippen MR) is 67.2 cm³/mol. The van der Waals surface area contributed by atoms with E-state index in [1.54, 1.807) is 0 Å². The van der Waals surface area contributed by atoms with Crippen LogP contribution in [-0.2, 0) is 4.74 Å². The van der Waals surface area contributed by atoms with Crippen LogP contribution in [0.3, 0.4) is 0 Å². The highest BCUT2D eigenvalue weighted by Crippen LogP contribution is 2.19. The molecule has 0 amide bonds. The van der Waals surface area contributed by atoms with Crippen LogP contribution in [0.15, 0.2) is 24.3 Å². The summed E-state index contributed by atoms with van der Waals surface area (Å²) in [7, 11) is 0. The van der Waals surface area contributed by atoms with E-state index in [1.165, 1.54) is 12.0 Å². The van der Waals surface area contributed by atoms with Crippen molar-refractivity contribution in [1.29, 1.82) is 0 Å². The Bertz CT molecular complexity index is 274. The van der Waals surface area contributed by atoms with Gasteiger partial charge in [-0.25, -0.2) is 0 Å². The Labute approximate surface area is 101 Å². The van der Waals surface area contributed by atoms with Crippen molar-refractivity contribution in [2.24, 2.45) is 0 Å². The normalized spacial score (nSPS) is 10.1. The first-order chi connectivity index (χ1) is 7.86. The molecule has 1 aromatic rings. The lowest BCUT2D eigenvalue weighted by Crippen LogP contribution is -2.06. The lowest BCUT2D eigenvalue weighted by molar-refractivity contribution is 0.101. The Hall–Kier alpha value is -0.870. The van der Waals surface area contributed by atoms with Gasteiger partial charge in [0.1, 0.15) is 18.1 Å². The van der Waals surface area contributed by atoms with Gasteiger partial charge in [0.2, 0.25) is 0 Å². The van der Waals surface area contributed by atoms with Crippen molar-refractivity contribution in [1.82, 2.24) is 0 Å². The fraction of sp³-hybridized carbons (Fsp3) is 0.500. The molecule has 16 heavy (non-hydrogen) atoms. The SMILES string of the molecule is CCCOCCOc1ccc(OSC)cc1. The summed E-state index contributed by atoms with van der Waals surface area (Å²) in [5.74, 6) is 1.68. The highest BCUT2D eigenvalue weighted by molar-refractivity contribution is 7.94. The summed E-state index contributed by atoms with van der Waals surface area (Å²) < 4.78 is 16.1. The smallest absolute Gasteiger partial charge is 0.137 e. The van der Waals surface area contributed by atoms with Gasteiger partial charge in [-0.2, -0.15) is 0 Å². The van der Waals surface area contributed by atoms with Gasteiger partial charge >= 0.3 is 0 Å². The average Bonchev–Trinajstić information content (AvgIpc) is 2.31. The van der Waals surface area contributed by atoms with E-state index in [-0.39, 0.29) is 0 Å². The van der Waals surface area contributed by atoms with E-state index in [0.29, 0.717) is 13.2 Å². The molecule has 1 aromatic carbocycles. The van der Waals surface area contributed by atoms with Crippen molar-refractivity contribution in [3.63, 3.8) is 0 Å². The second-order valence-electron chi connectivity index (χ2n) is 3.18. The first-order valence-corrected chi connectivity index (χ1v) is 6.53. The quantitative estimate of drug-likeness (QED) is 0.517. The molecule has 0 radical (unpaired) electrons. The van der Waals surface area contributed by atoms with Crippen LogP contribution in [0.5, 0.6) is 11.5 Å². The van der Waals surface area contributed by atoms with Gasteiger partial charge in [0.25, 0.3) is 0 Å². The average molecular weight is 242 g/mol. The van der Waals surface area contributed by atoms with Crippen LogP contribution >= 0.6 is 12.0 Å².